The maximum absolute atomic E-state index is 14.1. The summed E-state index contributed by atoms with van der Waals surface area (Å²) in [6.45, 7) is 3.17. The lowest BCUT2D eigenvalue weighted by Crippen LogP contribution is -2.07. The number of carbonyl (C=O) groups excluding carboxylic acids is 2. The summed E-state index contributed by atoms with van der Waals surface area (Å²) in [6.07, 6.45) is 0.911. The predicted octanol–water partition coefficient (Wildman–Crippen LogP) is 3.89. The molecule has 0 saturated carbocycles. The first-order valence-corrected chi connectivity index (χ1v) is 8.06. The van der Waals surface area contributed by atoms with Crippen molar-refractivity contribution in [3.63, 3.8) is 0 Å². The quantitative estimate of drug-likeness (QED) is 0.692. The van der Waals surface area contributed by atoms with Crippen LogP contribution in [0.15, 0.2) is 42.5 Å². The Hall–Kier alpha value is -2.69. The van der Waals surface area contributed by atoms with Gasteiger partial charge in [0.2, 0.25) is 0 Å². The highest BCUT2D eigenvalue weighted by Crippen LogP contribution is 2.21. The number of carbonyl (C=O) groups is 2. The van der Waals surface area contributed by atoms with Gasteiger partial charge in [-0.1, -0.05) is 18.2 Å². The van der Waals surface area contributed by atoms with Crippen molar-refractivity contribution < 1.29 is 23.5 Å². The summed E-state index contributed by atoms with van der Waals surface area (Å²) in [5.41, 5.74) is 1.57. The van der Waals surface area contributed by atoms with Crippen LogP contribution in [0.4, 0.5) is 4.39 Å². The molecule has 2 rings (SSSR count). The van der Waals surface area contributed by atoms with Crippen molar-refractivity contribution in [2.75, 3.05) is 6.61 Å². The van der Waals surface area contributed by atoms with Crippen molar-refractivity contribution in [3.8, 4) is 11.5 Å². The van der Waals surface area contributed by atoms with Crippen LogP contribution in [0.2, 0.25) is 0 Å². The van der Waals surface area contributed by atoms with E-state index in [1.807, 2.05) is 6.07 Å². The largest absolute Gasteiger partial charge is 0.486 e. The Morgan fingerprint density at radius 1 is 0.960 bits per heavy atom. The molecule has 0 unspecified atom stereocenters. The van der Waals surface area contributed by atoms with E-state index in [4.69, 9.17) is 9.47 Å². The van der Waals surface area contributed by atoms with Gasteiger partial charge in [-0.15, -0.1) is 0 Å². The van der Waals surface area contributed by atoms with Gasteiger partial charge in [0.25, 0.3) is 0 Å². The van der Waals surface area contributed by atoms with Crippen molar-refractivity contribution in [3.05, 3.63) is 59.4 Å². The highest BCUT2D eigenvalue weighted by molar-refractivity contribution is 5.77. The zero-order valence-corrected chi connectivity index (χ0v) is 14.4. The first-order chi connectivity index (χ1) is 11.9. The maximum atomic E-state index is 14.1. The van der Waals surface area contributed by atoms with Gasteiger partial charge in [-0.3, -0.25) is 4.79 Å². The molecule has 0 aromatic heterocycles. The molecule has 5 heteroatoms. The van der Waals surface area contributed by atoms with E-state index in [0.717, 1.165) is 11.1 Å². The number of ether oxygens (including phenoxy) is 2. The highest BCUT2D eigenvalue weighted by atomic mass is 19.1. The monoisotopic (exact) mass is 344 g/mol. The Kier molecular flexibility index (Phi) is 6.69. The van der Waals surface area contributed by atoms with Crippen molar-refractivity contribution in [2.45, 2.75) is 33.3 Å². The molecule has 132 valence electrons. The summed E-state index contributed by atoms with van der Waals surface area (Å²) in [7, 11) is 0. The Labute approximate surface area is 146 Å². The van der Waals surface area contributed by atoms with Gasteiger partial charge in [-0.2, -0.15) is 0 Å². The molecule has 0 heterocycles. The summed E-state index contributed by atoms with van der Waals surface area (Å²) >= 11 is 0. The third-order valence-corrected chi connectivity index (χ3v) is 3.50. The Morgan fingerprint density at radius 2 is 1.76 bits per heavy atom. The number of hydrogen-bond donors (Lipinski definition) is 0. The van der Waals surface area contributed by atoms with Crippen LogP contribution >= 0.6 is 0 Å². The third kappa shape index (κ3) is 6.37. The normalized spacial score (nSPS) is 10.4. The molecule has 0 aliphatic carbocycles. The summed E-state index contributed by atoms with van der Waals surface area (Å²) in [4.78, 5) is 21.9. The molecule has 25 heavy (non-hydrogen) atoms. The van der Waals surface area contributed by atoms with Crippen molar-refractivity contribution in [1.82, 2.24) is 0 Å². The number of Topliss-reactive ketones (excluding diaryl/α,β-unsaturated/α-hetero) is 2. The summed E-state index contributed by atoms with van der Waals surface area (Å²) in [5.74, 6) is 0.282. The van der Waals surface area contributed by atoms with E-state index in [1.54, 1.807) is 30.3 Å². The first-order valence-electron chi connectivity index (χ1n) is 8.06. The minimum absolute atomic E-state index is 0.0145. The molecule has 2 aromatic carbocycles. The third-order valence-electron chi connectivity index (χ3n) is 3.50. The van der Waals surface area contributed by atoms with E-state index in [0.29, 0.717) is 18.6 Å². The minimum Gasteiger partial charge on any atom is -0.486 e. The highest BCUT2D eigenvalue weighted by Gasteiger charge is 2.07. The average Bonchev–Trinajstić information content (AvgIpc) is 2.57. The Morgan fingerprint density at radius 3 is 2.44 bits per heavy atom. The maximum Gasteiger partial charge on any atom is 0.167 e. The van der Waals surface area contributed by atoms with Gasteiger partial charge in [0.15, 0.2) is 17.3 Å². The molecular weight excluding hydrogens is 323 g/mol. The molecule has 4 nitrogen and oxygen atoms in total. The minimum atomic E-state index is -0.454. The van der Waals surface area contributed by atoms with Gasteiger partial charge >= 0.3 is 0 Å². The summed E-state index contributed by atoms with van der Waals surface area (Å²) in [6, 6.07) is 11.8. The number of ketones is 2. The number of aryl methyl sites for hydroxylation is 1. The van der Waals surface area contributed by atoms with Gasteiger partial charge in [0, 0.05) is 6.42 Å². The topological polar surface area (TPSA) is 52.6 Å². The van der Waals surface area contributed by atoms with Crippen LogP contribution in [0.1, 0.15) is 31.4 Å². The predicted molar refractivity (Wildman–Crippen MR) is 92.4 cm³/mol. The molecule has 0 fully saturated rings. The number of benzene rings is 2. The van der Waals surface area contributed by atoms with Crippen LogP contribution in [0.25, 0.3) is 0 Å². The molecule has 2 aromatic rings. The fourth-order valence-corrected chi connectivity index (χ4v) is 2.21. The van der Waals surface area contributed by atoms with Gasteiger partial charge in [0.1, 0.15) is 24.7 Å². The van der Waals surface area contributed by atoms with Crippen LogP contribution in [-0.2, 0) is 22.6 Å². The molecule has 0 N–H and O–H groups in total. The second-order valence-corrected chi connectivity index (χ2v) is 5.89. The molecular formula is C20H21FO4. The molecule has 0 amide bonds. The van der Waals surface area contributed by atoms with Gasteiger partial charge < -0.3 is 14.3 Å². The zero-order valence-electron chi connectivity index (χ0n) is 14.4. The van der Waals surface area contributed by atoms with E-state index < -0.39 is 5.82 Å². The Bertz CT molecular complexity index is 755. The summed E-state index contributed by atoms with van der Waals surface area (Å²) in [5, 5.41) is 0. The fraction of sp³-hybridized carbons (Fsp3) is 0.300. The van der Waals surface area contributed by atoms with Crippen LogP contribution in [0, 0.1) is 5.82 Å². The van der Waals surface area contributed by atoms with Gasteiger partial charge in [-0.05, 0) is 55.7 Å². The van der Waals surface area contributed by atoms with E-state index in [9.17, 15) is 14.0 Å². The van der Waals surface area contributed by atoms with E-state index >= 15 is 0 Å². The molecule has 0 spiro atoms. The standard InChI is InChI=1S/C20H21FO4/c1-14(22)6-7-16-8-9-20(19(21)11-16)25-13-17-4-3-5-18(10-17)24-12-15(2)23/h3-5,8-11H,6-7,12-13H2,1-2H3. The van der Waals surface area contributed by atoms with E-state index in [1.165, 1.54) is 19.9 Å². The molecule has 0 saturated heterocycles. The van der Waals surface area contributed by atoms with E-state index in [-0.39, 0.29) is 30.5 Å². The van der Waals surface area contributed by atoms with Crippen molar-refractivity contribution in [1.29, 1.82) is 0 Å². The molecule has 0 aliphatic rings. The lowest BCUT2D eigenvalue weighted by Gasteiger charge is -2.10. The van der Waals surface area contributed by atoms with Crippen molar-refractivity contribution >= 4 is 11.6 Å². The molecule has 0 radical (unpaired) electrons. The first kappa shape index (κ1) is 18.6. The van der Waals surface area contributed by atoms with Crippen LogP contribution < -0.4 is 9.47 Å². The van der Waals surface area contributed by atoms with Crippen LogP contribution in [0.5, 0.6) is 11.5 Å². The SMILES string of the molecule is CC(=O)CCc1ccc(OCc2cccc(OCC(C)=O)c2)c(F)c1. The Balaban J connectivity index is 1.95. The second kappa shape index (κ2) is 8.97. The fourth-order valence-electron chi connectivity index (χ4n) is 2.21. The van der Waals surface area contributed by atoms with Crippen LogP contribution in [-0.4, -0.2) is 18.2 Å². The average molecular weight is 344 g/mol. The lowest BCUT2D eigenvalue weighted by molar-refractivity contribution is -0.119. The number of halogens is 1. The van der Waals surface area contributed by atoms with E-state index in [2.05, 4.69) is 0 Å². The lowest BCUT2D eigenvalue weighted by atomic mass is 10.1. The zero-order chi connectivity index (χ0) is 18.2. The number of hydrogen-bond acceptors (Lipinski definition) is 4. The second-order valence-electron chi connectivity index (χ2n) is 5.89. The van der Waals surface area contributed by atoms with Crippen LogP contribution in [0.3, 0.4) is 0 Å². The molecule has 0 aliphatic heterocycles. The van der Waals surface area contributed by atoms with Gasteiger partial charge in [0.05, 0.1) is 0 Å². The number of rotatable bonds is 9. The van der Waals surface area contributed by atoms with Gasteiger partial charge in [-0.25, -0.2) is 4.39 Å². The smallest absolute Gasteiger partial charge is 0.167 e. The summed E-state index contributed by atoms with van der Waals surface area (Å²) < 4.78 is 25.0. The van der Waals surface area contributed by atoms with Crippen molar-refractivity contribution in [2.24, 2.45) is 0 Å². The molecule has 0 bridgehead atoms. The molecule has 0 atom stereocenters.